The van der Waals surface area contributed by atoms with E-state index in [1.807, 2.05) is 6.07 Å². The highest BCUT2D eigenvalue weighted by Crippen LogP contribution is 2.31. The van der Waals surface area contributed by atoms with Crippen LogP contribution < -0.4 is 11.1 Å². The number of anilines is 1. The van der Waals surface area contributed by atoms with Crippen molar-refractivity contribution in [3.05, 3.63) is 11.8 Å². The summed E-state index contributed by atoms with van der Waals surface area (Å²) in [4.78, 5) is 12.3. The van der Waals surface area contributed by atoms with E-state index in [0.29, 0.717) is 17.7 Å². The maximum absolute atomic E-state index is 12.3. The first-order valence-corrected chi connectivity index (χ1v) is 7.06. The van der Waals surface area contributed by atoms with Gasteiger partial charge in [-0.25, -0.2) is 0 Å². The van der Waals surface area contributed by atoms with E-state index in [1.54, 1.807) is 0 Å². The number of amides is 1. The SMILES string of the molecule is CC1CCCC(N)(C(=O)Nc2cc(C(C)C)[nH]n2)C1. The Bertz CT molecular complexity index is 454. The lowest BCUT2D eigenvalue weighted by Crippen LogP contribution is -2.53. The molecule has 1 saturated carbocycles. The van der Waals surface area contributed by atoms with Crippen molar-refractivity contribution in [3.8, 4) is 0 Å². The number of nitrogens with zero attached hydrogens (tertiary/aromatic N) is 1. The Morgan fingerprint density at radius 2 is 2.37 bits per heavy atom. The zero-order chi connectivity index (χ0) is 14.0. The van der Waals surface area contributed by atoms with Gasteiger partial charge < -0.3 is 11.1 Å². The summed E-state index contributed by atoms with van der Waals surface area (Å²) < 4.78 is 0. The van der Waals surface area contributed by atoms with Crippen LogP contribution in [0.1, 0.15) is 58.1 Å². The van der Waals surface area contributed by atoms with Crippen molar-refractivity contribution in [2.75, 3.05) is 5.32 Å². The van der Waals surface area contributed by atoms with E-state index >= 15 is 0 Å². The summed E-state index contributed by atoms with van der Waals surface area (Å²) in [6, 6.07) is 1.87. The second-order valence-electron chi connectivity index (χ2n) is 6.18. The van der Waals surface area contributed by atoms with Gasteiger partial charge >= 0.3 is 0 Å². The molecule has 0 radical (unpaired) electrons. The van der Waals surface area contributed by atoms with E-state index in [2.05, 4.69) is 36.3 Å². The number of hydrogen-bond acceptors (Lipinski definition) is 3. The van der Waals surface area contributed by atoms with Gasteiger partial charge in [0.05, 0.1) is 5.54 Å². The lowest BCUT2D eigenvalue weighted by atomic mass is 9.76. The number of aromatic amines is 1. The molecule has 1 aliphatic carbocycles. The van der Waals surface area contributed by atoms with E-state index in [-0.39, 0.29) is 5.91 Å². The molecule has 0 bridgehead atoms. The predicted octanol–water partition coefficient (Wildman–Crippen LogP) is 2.38. The van der Waals surface area contributed by atoms with Crippen molar-refractivity contribution in [1.82, 2.24) is 10.2 Å². The molecule has 0 aliphatic heterocycles. The summed E-state index contributed by atoms with van der Waals surface area (Å²) in [6.07, 6.45) is 3.68. The average molecular weight is 264 g/mol. The van der Waals surface area contributed by atoms with Crippen LogP contribution in [-0.4, -0.2) is 21.6 Å². The van der Waals surface area contributed by atoms with Crippen molar-refractivity contribution in [1.29, 1.82) is 0 Å². The van der Waals surface area contributed by atoms with Gasteiger partial charge in [0.2, 0.25) is 5.91 Å². The lowest BCUT2D eigenvalue weighted by molar-refractivity contribution is -0.122. The zero-order valence-electron chi connectivity index (χ0n) is 12.0. The van der Waals surface area contributed by atoms with Crippen LogP contribution in [0.25, 0.3) is 0 Å². The van der Waals surface area contributed by atoms with Gasteiger partial charge in [-0.05, 0) is 24.7 Å². The van der Waals surface area contributed by atoms with E-state index in [1.165, 1.54) is 0 Å². The molecule has 1 aliphatic rings. The van der Waals surface area contributed by atoms with Crippen LogP contribution in [0.4, 0.5) is 5.82 Å². The summed E-state index contributed by atoms with van der Waals surface area (Å²) in [5.74, 6) is 1.33. The van der Waals surface area contributed by atoms with E-state index in [4.69, 9.17) is 5.73 Å². The molecule has 1 aromatic heterocycles. The molecule has 19 heavy (non-hydrogen) atoms. The van der Waals surface area contributed by atoms with E-state index < -0.39 is 5.54 Å². The minimum absolute atomic E-state index is 0.110. The fourth-order valence-electron chi connectivity index (χ4n) is 2.74. The van der Waals surface area contributed by atoms with Crippen LogP contribution in [-0.2, 0) is 4.79 Å². The molecule has 1 amide bonds. The number of aromatic nitrogens is 2. The van der Waals surface area contributed by atoms with Gasteiger partial charge in [-0.1, -0.05) is 33.6 Å². The maximum atomic E-state index is 12.3. The largest absolute Gasteiger partial charge is 0.317 e. The van der Waals surface area contributed by atoms with Gasteiger partial charge in [0.25, 0.3) is 0 Å². The monoisotopic (exact) mass is 264 g/mol. The second kappa shape index (κ2) is 5.33. The number of hydrogen-bond donors (Lipinski definition) is 3. The topological polar surface area (TPSA) is 83.8 Å². The van der Waals surface area contributed by atoms with E-state index in [9.17, 15) is 4.79 Å². The molecular formula is C14H24N4O. The van der Waals surface area contributed by atoms with Crippen molar-refractivity contribution < 1.29 is 4.79 Å². The molecule has 1 fully saturated rings. The third-order valence-corrected chi connectivity index (χ3v) is 3.95. The van der Waals surface area contributed by atoms with Crippen molar-refractivity contribution >= 4 is 11.7 Å². The normalized spacial score (nSPS) is 27.5. The highest BCUT2D eigenvalue weighted by Gasteiger charge is 2.38. The highest BCUT2D eigenvalue weighted by molar-refractivity contribution is 5.97. The molecular weight excluding hydrogens is 240 g/mol. The van der Waals surface area contributed by atoms with Gasteiger partial charge in [0.15, 0.2) is 5.82 Å². The summed E-state index contributed by atoms with van der Waals surface area (Å²) >= 11 is 0. The Labute approximate surface area is 114 Å². The van der Waals surface area contributed by atoms with Crippen molar-refractivity contribution in [2.45, 2.75) is 57.9 Å². The van der Waals surface area contributed by atoms with Crippen molar-refractivity contribution in [3.63, 3.8) is 0 Å². The van der Waals surface area contributed by atoms with Gasteiger partial charge in [0.1, 0.15) is 0 Å². The number of carbonyl (C=O) groups is 1. The van der Waals surface area contributed by atoms with Gasteiger partial charge in [0, 0.05) is 11.8 Å². The van der Waals surface area contributed by atoms with Crippen LogP contribution in [0.15, 0.2) is 6.07 Å². The maximum Gasteiger partial charge on any atom is 0.245 e. The first kappa shape index (κ1) is 14.1. The van der Waals surface area contributed by atoms with Crippen LogP contribution in [0.5, 0.6) is 0 Å². The fraction of sp³-hybridized carbons (Fsp3) is 0.714. The third-order valence-electron chi connectivity index (χ3n) is 3.95. The fourth-order valence-corrected chi connectivity index (χ4v) is 2.74. The quantitative estimate of drug-likeness (QED) is 0.783. The van der Waals surface area contributed by atoms with Crippen LogP contribution in [0, 0.1) is 5.92 Å². The van der Waals surface area contributed by atoms with Gasteiger partial charge in [-0.3, -0.25) is 9.89 Å². The average Bonchev–Trinajstić information content (AvgIpc) is 2.77. The number of H-pyrrole nitrogens is 1. The molecule has 0 spiro atoms. The molecule has 1 heterocycles. The van der Waals surface area contributed by atoms with Crippen LogP contribution in [0.3, 0.4) is 0 Å². The number of nitrogens with one attached hydrogen (secondary N) is 2. The van der Waals surface area contributed by atoms with Gasteiger partial charge in [-0.15, -0.1) is 0 Å². The van der Waals surface area contributed by atoms with Crippen LogP contribution in [0.2, 0.25) is 0 Å². The van der Waals surface area contributed by atoms with Crippen LogP contribution >= 0.6 is 0 Å². The molecule has 2 atom stereocenters. The molecule has 1 aromatic rings. The Morgan fingerprint density at radius 3 is 2.95 bits per heavy atom. The third kappa shape index (κ3) is 3.15. The summed E-state index contributed by atoms with van der Waals surface area (Å²) in [7, 11) is 0. The Morgan fingerprint density at radius 1 is 1.63 bits per heavy atom. The van der Waals surface area contributed by atoms with Gasteiger partial charge in [-0.2, -0.15) is 5.10 Å². The first-order valence-electron chi connectivity index (χ1n) is 7.06. The minimum atomic E-state index is -0.741. The summed E-state index contributed by atoms with van der Waals surface area (Å²) in [5, 5.41) is 9.88. The molecule has 4 N–H and O–H groups in total. The number of nitrogens with two attached hydrogens (primary N) is 1. The van der Waals surface area contributed by atoms with E-state index in [0.717, 1.165) is 31.4 Å². The summed E-state index contributed by atoms with van der Waals surface area (Å²) in [6.45, 7) is 6.30. The smallest absolute Gasteiger partial charge is 0.245 e. The first-order chi connectivity index (χ1) is 8.90. The Hall–Kier alpha value is -1.36. The minimum Gasteiger partial charge on any atom is -0.317 e. The Kier molecular flexibility index (Phi) is 3.94. The lowest BCUT2D eigenvalue weighted by Gasteiger charge is -2.35. The zero-order valence-corrected chi connectivity index (χ0v) is 12.0. The van der Waals surface area contributed by atoms with Crippen molar-refractivity contribution in [2.24, 2.45) is 11.7 Å². The molecule has 106 valence electrons. The molecule has 5 nitrogen and oxygen atoms in total. The molecule has 5 heteroatoms. The Balaban J connectivity index is 2.03. The molecule has 0 aromatic carbocycles. The number of rotatable bonds is 3. The molecule has 2 rings (SSSR count). The molecule has 0 saturated heterocycles. The second-order valence-corrected chi connectivity index (χ2v) is 6.18. The predicted molar refractivity (Wildman–Crippen MR) is 75.9 cm³/mol. The standard InChI is InChI=1S/C14H24N4O/c1-9(2)11-7-12(18-17-11)16-13(19)14(15)6-4-5-10(3)8-14/h7,9-10H,4-6,8,15H2,1-3H3,(H2,16,17,18,19). The highest BCUT2D eigenvalue weighted by atomic mass is 16.2. The number of carbonyl (C=O) groups excluding carboxylic acids is 1. The summed E-state index contributed by atoms with van der Waals surface area (Å²) in [5.41, 5.74) is 6.53. The molecule has 2 unspecified atom stereocenters.